The number of nitrogens with zero attached hydrogens (tertiary/aromatic N) is 2. The Morgan fingerprint density at radius 1 is 1.07 bits per heavy atom. The number of alkyl halides is 3. The minimum atomic E-state index is -4.98. The number of benzene rings is 2. The van der Waals surface area contributed by atoms with E-state index in [2.05, 4.69) is 4.72 Å². The molecule has 3 rings (SSSR count). The minimum absolute atomic E-state index is 0.309. The van der Waals surface area contributed by atoms with Crippen LogP contribution in [0, 0.1) is 17.1 Å². The van der Waals surface area contributed by atoms with Gasteiger partial charge >= 0.3 is 6.18 Å². The first-order chi connectivity index (χ1) is 13.6. The fourth-order valence-electron chi connectivity index (χ4n) is 3.18. The number of nitrogens with one attached hydrogen (secondary N) is 1. The fraction of sp³-hybridized carbons (Fsp3) is 0.316. The molecule has 1 saturated heterocycles. The molecule has 0 atom stereocenters. The second-order valence-electron chi connectivity index (χ2n) is 6.68. The Bertz CT molecular complexity index is 1020. The maximum absolute atomic E-state index is 13.4. The lowest BCUT2D eigenvalue weighted by molar-refractivity contribution is -0.140. The summed E-state index contributed by atoms with van der Waals surface area (Å²) in [5.74, 6) is -1.52. The van der Waals surface area contributed by atoms with E-state index in [1.807, 2.05) is 11.0 Å². The smallest absolute Gasteiger partial charge is 0.371 e. The van der Waals surface area contributed by atoms with E-state index in [4.69, 9.17) is 5.26 Å². The Hall–Kier alpha value is -2.64. The highest BCUT2D eigenvalue weighted by atomic mass is 32.2. The van der Waals surface area contributed by atoms with Crippen LogP contribution in [0.4, 0.5) is 23.2 Å². The van der Waals surface area contributed by atoms with Crippen molar-refractivity contribution in [3.63, 3.8) is 0 Å². The van der Waals surface area contributed by atoms with Crippen LogP contribution >= 0.6 is 0 Å². The van der Waals surface area contributed by atoms with Crippen molar-refractivity contribution in [3.8, 4) is 6.07 Å². The van der Waals surface area contributed by atoms with Crippen LogP contribution in [-0.2, 0) is 16.2 Å². The van der Waals surface area contributed by atoms with Crippen molar-refractivity contribution in [2.24, 2.45) is 0 Å². The summed E-state index contributed by atoms with van der Waals surface area (Å²) in [5, 5.41) is 8.84. The van der Waals surface area contributed by atoms with Crippen LogP contribution in [0.5, 0.6) is 0 Å². The van der Waals surface area contributed by atoms with Gasteiger partial charge in [-0.2, -0.15) is 18.4 Å². The summed E-state index contributed by atoms with van der Waals surface area (Å²) in [5.41, 5.74) is -0.177. The van der Waals surface area contributed by atoms with Gasteiger partial charge in [0.1, 0.15) is 5.82 Å². The molecular weight excluding hydrogens is 410 g/mol. The molecule has 1 aliphatic heterocycles. The second kappa shape index (κ2) is 8.00. The van der Waals surface area contributed by atoms with E-state index in [0.29, 0.717) is 43.6 Å². The number of rotatable bonds is 4. The largest absolute Gasteiger partial charge is 0.419 e. The zero-order valence-corrected chi connectivity index (χ0v) is 15.9. The quantitative estimate of drug-likeness (QED) is 0.756. The molecule has 0 aromatic heterocycles. The van der Waals surface area contributed by atoms with Crippen LogP contribution in [0.25, 0.3) is 0 Å². The summed E-state index contributed by atoms with van der Waals surface area (Å²) in [6, 6.07) is 10.2. The summed E-state index contributed by atoms with van der Waals surface area (Å²) >= 11 is 0. The lowest BCUT2D eigenvalue weighted by Crippen LogP contribution is -2.44. The van der Waals surface area contributed by atoms with E-state index in [1.165, 1.54) is 0 Å². The van der Waals surface area contributed by atoms with E-state index in [9.17, 15) is 26.0 Å². The number of halogens is 4. The lowest BCUT2D eigenvalue weighted by atomic mass is 10.1. The maximum Gasteiger partial charge on any atom is 0.419 e. The topological polar surface area (TPSA) is 73.2 Å². The fourth-order valence-corrected chi connectivity index (χ4v) is 4.51. The summed E-state index contributed by atoms with van der Waals surface area (Å²) < 4.78 is 79.3. The number of hydrogen-bond donors (Lipinski definition) is 1. The third-order valence-corrected chi connectivity index (χ3v) is 6.25. The molecule has 2 aromatic carbocycles. The first-order valence-corrected chi connectivity index (χ1v) is 10.2. The third-order valence-electron chi connectivity index (χ3n) is 4.73. The standard InChI is InChI=1S/C19H17F4N3O2S/c20-18-6-5-16(11-17(18)19(21,22)23)29(27,28)25-14-7-9-26(10-8-14)15-3-1-13(12-24)2-4-15/h1-6,11,14,25H,7-10H2. The SMILES string of the molecule is N#Cc1ccc(N2CCC(NS(=O)(=O)c3ccc(F)c(C(F)(F)F)c3)CC2)cc1. The van der Waals surface area contributed by atoms with Gasteiger partial charge in [0.25, 0.3) is 0 Å². The molecule has 0 amide bonds. The molecule has 0 radical (unpaired) electrons. The Kier molecular flexibility index (Phi) is 5.82. The van der Waals surface area contributed by atoms with E-state index < -0.39 is 38.5 Å². The summed E-state index contributed by atoms with van der Waals surface area (Å²) in [7, 11) is -4.22. The third kappa shape index (κ3) is 4.86. The Morgan fingerprint density at radius 2 is 1.69 bits per heavy atom. The number of piperidine rings is 1. The van der Waals surface area contributed by atoms with Gasteiger partial charge in [0, 0.05) is 24.8 Å². The Morgan fingerprint density at radius 3 is 2.24 bits per heavy atom. The van der Waals surface area contributed by atoms with Crippen LogP contribution in [0.3, 0.4) is 0 Å². The molecule has 0 bridgehead atoms. The predicted octanol–water partition coefficient (Wildman–Crippen LogP) is 3.66. The number of sulfonamides is 1. The van der Waals surface area contributed by atoms with Gasteiger partial charge in [-0.05, 0) is 55.3 Å². The Balaban J connectivity index is 1.67. The predicted molar refractivity (Wildman–Crippen MR) is 98.1 cm³/mol. The number of nitriles is 1. The zero-order valence-electron chi connectivity index (χ0n) is 15.1. The normalized spacial score (nSPS) is 15.9. The summed E-state index contributed by atoms with van der Waals surface area (Å²) in [6.07, 6.45) is -4.08. The van der Waals surface area contributed by atoms with Crippen LogP contribution in [0.2, 0.25) is 0 Å². The van der Waals surface area contributed by atoms with Crippen molar-refractivity contribution >= 4 is 15.7 Å². The molecule has 0 saturated carbocycles. The van der Waals surface area contributed by atoms with E-state index >= 15 is 0 Å². The lowest BCUT2D eigenvalue weighted by Gasteiger charge is -2.33. The molecule has 10 heteroatoms. The van der Waals surface area contributed by atoms with Gasteiger partial charge in [-0.3, -0.25) is 0 Å². The van der Waals surface area contributed by atoms with Crippen molar-refractivity contribution in [1.82, 2.24) is 4.72 Å². The summed E-state index contributed by atoms with van der Waals surface area (Å²) in [4.78, 5) is 1.41. The highest BCUT2D eigenvalue weighted by molar-refractivity contribution is 7.89. The minimum Gasteiger partial charge on any atom is -0.371 e. The zero-order chi connectivity index (χ0) is 21.2. The van der Waals surface area contributed by atoms with Gasteiger partial charge in [-0.15, -0.1) is 0 Å². The van der Waals surface area contributed by atoms with Crippen molar-refractivity contribution in [2.45, 2.75) is 30.0 Å². The highest BCUT2D eigenvalue weighted by Crippen LogP contribution is 2.33. The molecular formula is C19H17F4N3O2S. The van der Waals surface area contributed by atoms with Crippen LogP contribution in [0.1, 0.15) is 24.0 Å². The molecule has 1 heterocycles. The second-order valence-corrected chi connectivity index (χ2v) is 8.39. The first kappa shape index (κ1) is 21.1. The number of hydrogen-bond acceptors (Lipinski definition) is 4. The van der Waals surface area contributed by atoms with Crippen LogP contribution in [-0.4, -0.2) is 27.5 Å². The number of anilines is 1. The Labute approximate surface area is 165 Å². The van der Waals surface area contributed by atoms with E-state index in [1.54, 1.807) is 24.3 Å². The molecule has 2 aromatic rings. The molecule has 154 valence electrons. The van der Waals surface area contributed by atoms with E-state index in [-0.39, 0.29) is 0 Å². The van der Waals surface area contributed by atoms with Crippen molar-refractivity contribution in [3.05, 3.63) is 59.4 Å². The van der Waals surface area contributed by atoms with E-state index in [0.717, 1.165) is 11.8 Å². The molecule has 0 spiro atoms. The maximum atomic E-state index is 13.4. The van der Waals surface area contributed by atoms with Gasteiger partial charge in [-0.1, -0.05) is 0 Å². The van der Waals surface area contributed by atoms with Gasteiger partial charge in [0.2, 0.25) is 10.0 Å². The average molecular weight is 427 g/mol. The van der Waals surface area contributed by atoms with Crippen molar-refractivity contribution < 1.29 is 26.0 Å². The highest BCUT2D eigenvalue weighted by Gasteiger charge is 2.35. The van der Waals surface area contributed by atoms with Gasteiger partial charge in [0.05, 0.1) is 22.1 Å². The van der Waals surface area contributed by atoms with Crippen molar-refractivity contribution in [1.29, 1.82) is 5.26 Å². The molecule has 1 N–H and O–H groups in total. The molecule has 5 nitrogen and oxygen atoms in total. The first-order valence-electron chi connectivity index (χ1n) is 8.74. The van der Waals surface area contributed by atoms with Crippen molar-refractivity contribution in [2.75, 3.05) is 18.0 Å². The average Bonchev–Trinajstić information content (AvgIpc) is 2.67. The van der Waals surface area contributed by atoms with Gasteiger partial charge < -0.3 is 4.90 Å². The van der Waals surface area contributed by atoms with Gasteiger partial charge in [-0.25, -0.2) is 17.5 Å². The molecule has 1 fully saturated rings. The monoisotopic (exact) mass is 427 g/mol. The molecule has 1 aliphatic rings. The van der Waals surface area contributed by atoms with Crippen LogP contribution in [0.15, 0.2) is 47.4 Å². The molecule has 0 unspecified atom stereocenters. The van der Waals surface area contributed by atoms with Gasteiger partial charge in [0.15, 0.2) is 0 Å². The molecule has 0 aliphatic carbocycles. The molecule has 29 heavy (non-hydrogen) atoms. The van der Waals surface area contributed by atoms with Crippen LogP contribution < -0.4 is 9.62 Å². The summed E-state index contributed by atoms with van der Waals surface area (Å²) in [6.45, 7) is 1.08.